The largest absolute Gasteiger partial charge is 0.309 e. The molecule has 0 N–H and O–H groups in total. The summed E-state index contributed by atoms with van der Waals surface area (Å²) in [4.78, 5) is 26.8. The second kappa shape index (κ2) is 14.1. The van der Waals surface area contributed by atoms with Crippen LogP contribution in [0.2, 0.25) is 0 Å². The molecule has 1 fully saturated rings. The quantitative estimate of drug-likeness (QED) is 0.155. The van der Waals surface area contributed by atoms with Crippen molar-refractivity contribution in [2.75, 3.05) is 4.90 Å². The van der Waals surface area contributed by atoms with Crippen LogP contribution in [0.25, 0.3) is 72.4 Å². The van der Waals surface area contributed by atoms with E-state index in [0.717, 1.165) is 67.9 Å². The fraction of sp³-hybridized carbons (Fsp3) is 0.0600. The van der Waals surface area contributed by atoms with E-state index in [1.807, 2.05) is 79.1 Å². The average molecular weight is 766 g/mol. The SMILES string of the molecule is SC1CC1c1ccc(-c2nc(-c3ccccc3)nc(-c3cccc(-n4c5ccc(N(c6ccccn6)c6ccccn6)cc5c5ccc6ccccc6c54)c3)n2)cc1. The zero-order valence-corrected chi connectivity index (χ0v) is 32.2. The fourth-order valence-corrected chi connectivity index (χ4v) is 8.48. The van der Waals surface area contributed by atoms with E-state index in [4.69, 9.17) is 24.9 Å². The molecule has 4 aromatic heterocycles. The summed E-state index contributed by atoms with van der Waals surface area (Å²) in [7, 11) is 0. The molecule has 8 heteroatoms. The molecule has 1 aliphatic carbocycles. The van der Waals surface area contributed by atoms with Gasteiger partial charge in [-0.15, -0.1) is 0 Å². The van der Waals surface area contributed by atoms with E-state index < -0.39 is 0 Å². The molecule has 276 valence electrons. The zero-order valence-electron chi connectivity index (χ0n) is 31.3. The van der Waals surface area contributed by atoms with Crippen LogP contribution in [0.15, 0.2) is 182 Å². The van der Waals surface area contributed by atoms with Crippen molar-refractivity contribution in [2.24, 2.45) is 0 Å². The summed E-state index contributed by atoms with van der Waals surface area (Å²) in [5.74, 6) is 3.98. The normalized spacial score (nSPS) is 14.9. The Morgan fingerprint density at radius 1 is 0.517 bits per heavy atom. The highest BCUT2D eigenvalue weighted by Crippen LogP contribution is 2.45. The molecular weight excluding hydrogens is 731 g/mol. The van der Waals surface area contributed by atoms with E-state index in [9.17, 15) is 0 Å². The molecule has 4 heterocycles. The Balaban J connectivity index is 1.09. The summed E-state index contributed by atoms with van der Waals surface area (Å²) in [6, 6.07) is 58.8. The van der Waals surface area contributed by atoms with Crippen LogP contribution in [-0.4, -0.2) is 34.7 Å². The van der Waals surface area contributed by atoms with Crippen LogP contribution in [0.1, 0.15) is 17.9 Å². The smallest absolute Gasteiger partial charge is 0.164 e. The second-order valence-electron chi connectivity index (χ2n) is 14.7. The summed E-state index contributed by atoms with van der Waals surface area (Å²) >= 11 is 4.67. The summed E-state index contributed by atoms with van der Waals surface area (Å²) in [6.45, 7) is 0. The fourth-order valence-electron chi connectivity index (χ4n) is 8.08. The molecule has 7 nitrogen and oxygen atoms in total. The van der Waals surface area contributed by atoms with Crippen molar-refractivity contribution >= 4 is 62.5 Å². The molecule has 0 aliphatic heterocycles. The van der Waals surface area contributed by atoms with Gasteiger partial charge < -0.3 is 4.57 Å². The van der Waals surface area contributed by atoms with Crippen molar-refractivity contribution in [2.45, 2.75) is 17.6 Å². The first-order chi connectivity index (χ1) is 28.7. The molecule has 2 atom stereocenters. The Kier molecular flexibility index (Phi) is 8.29. The number of thiol groups is 1. The molecular formula is C50H35N7S. The van der Waals surface area contributed by atoms with Gasteiger partial charge >= 0.3 is 0 Å². The number of hydrogen-bond donors (Lipinski definition) is 1. The Labute approximate surface area is 340 Å². The van der Waals surface area contributed by atoms with E-state index in [1.165, 1.54) is 16.3 Å². The third-order valence-electron chi connectivity index (χ3n) is 11.0. The maximum atomic E-state index is 5.13. The number of aromatic nitrogens is 6. The van der Waals surface area contributed by atoms with Gasteiger partial charge in [-0.1, -0.05) is 115 Å². The molecule has 1 aliphatic rings. The predicted molar refractivity (Wildman–Crippen MR) is 238 cm³/mol. The van der Waals surface area contributed by atoms with Crippen molar-refractivity contribution in [3.05, 3.63) is 188 Å². The molecule has 6 aromatic carbocycles. The van der Waals surface area contributed by atoms with Crippen molar-refractivity contribution in [3.8, 4) is 39.9 Å². The minimum absolute atomic E-state index is 0.439. The van der Waals surface area contributed by atoms with E-state index in [-0.39, 0.29) is 0 Å². The first kappa shape index (κ1) is 34.1. The van der Waals surface area contributed by atoms with Gasteiger partial charge in [0.25, 0.3) is 0 Å². The third kappa shape index (κ3) is 6.06. The van der Waals surface area contributed by atoms with Crippen molar-refractivity contribution in [1.29, 1.82) is 0 Å². The Bertz CT molecular complexity index is 3080. The molecule has 0 bridgehead atoms. The van der Waals surface area contributed by atoms with E-state index in [1.54, 1.807) is 0 Å². The highest BCUT2D eigenvalue weighted by atomic mass is 32.1. The molecule has 2 unspecified atom stereocenters. The lowest BCUT2D eigenvalue weighted by atomic mass is 10.1. The monoisotopic (exact) mass is 765 g/mol. The lowest BCUT2D eigenvalue weighted by molar-refractivity contribution is 1.07. The average Bonchev–Trinajstić information content (AvgIpc) is 3.94. The van der Waals surface area contributed by atoms with Crippen molar-refractivity contribution < 1.29 is 0 Å². The van der Waals surface area contributed by atoms with Gasteiger partial charge in [0.15, 0.2) is 17.5 Å². The Hall–Kier alpha value is -7.16. The molecule has 0 radical (unpaired) electrons. The molecule has 1 saturated carbocycles. The molecule has 0 spiro atoms. The summed E-state index contributed by atoms with van der Waals surface area (Å²) in [5, 5.41) is 5.05. The van der Waals surface area contributed by atoms with Crippen LogP contribution in [-0.2, 0) is 0 Å². The minimum Gasteiger partial charge on any atom is -0.309 e. The van der Waals surface area contributed by atoms with Gasteiger partial charge in [0.1, 0.15) is 11.6 Å². The molecule has 0 amide bonds. The minimum atomic E-state index is 0.439. The van der Waals surface area contributed by atoms with Gasteiger partial charge in [-0.05, 0) is 77.9 Å². The van der Waals surface area contributed by atoms with Gasteiger partial charge in [-0.3, -0.25) is 4.90 Å². The van der Waals surface area contributed by atoms with Crippen molar-refractivity contribution in [1.82, 2.24) is 29.5 Å². The van der Waals surface area contributed by atoms with E-state index in [0.29, 0.717) is 28.6 Å². The Morgan fingerprint density at radius 3 is 1.84 bits per heavy atom. The van der Waals surface area contributed by atoms with Crippen LogP contribution >= 0.6 is 12.6 Å². The lowest BCUT2D eigenvalue weighted by Crippen LogP contribution is -2.12. The van der Waals surface area contributed by atoms with Crippen LogP contribution in [0, 0.1) is 0 Å². The molecule has 58 heavy (non-hydrogen) atoms. The lowest BCUT2D eigenvalue weighted by Gasteiger charge is -2.23. The molecule has 0 saturated heterocycles. The van der Waals surface area contributed by atoms with Crippen LogP contribution in [0.4, 0.5) is 17.3 Å². The standard InChI is InChI=1S/C50H35N7S/c58-44-31-41(44)33-19-21-35(22-20-33)49-53-48(34-12-2-1-3-13-34)54-50(55-49)36-14-10-15-37(29-36)56-43-26-24-38(57(45-17-6-8-27-51-45)46-18-7-9-28-52-46)30-42(43)40-25-23-32-11-4-5-16-39(32)47(40)56/h1-30,41,44,58H,31H2. The number of pyridine rings is 2. The first-order valence-corrected chi connectivity index (χ1v) is 20.0. The van der Waals surface area contributed by atoms with Gasteiger partial charge in [0.2, 0.25) is 0 Å². The third-order valence-corrected chi connectivity index (χ3v) is 11.6. The number of benzene rings is 6. The van der Waals surface area contributed by atoms with Crippen molar-refractivity contribution in [3.63, 3.8) is 0 Å². The van der Waals surface area contributed by atoms with Crippen LogP contribution < -0.4 is 4.90 Å². The summed E-state index contributed by atoms with van der Waals surface area (Å²) in [6.07, 6.45) is 4.75. The van der Waals surface area contributed by atoms with Gasteiger partial charge in [-0.2, -0.15) is 12.6 Å². The second-order valence-corrected chi connectivity index (χ2v) is 15.3. The summed E-state index contributed by atoms with van der Waals surface area (Å²) < 4.78 is 2.37. The maximum Gasteiger partial charge on any atom is 0.164 e. The number of fused-ring (bicyclic) bond motifs is 5. The molecule has 10 aromatic rings. The predicted octanol–water partition coefficient (Wildman–Crippen LogP) is 12.2. The highest BCUT2D eigenvalue weighted by molar-refractivity contribution is 7.81. The van der Waals surface area contributed by atoms with E-state index >= 15 is 0 Å². The number of anilines is 3. The number of nitrogens with zero attached hydrogens (tertiary/aromatic N) is 7. The molecule has 11 rings (SSSR count). The highest BCUT2D eigenvalue weighted by Gasteiger charge is 2.35. The zero-order chi connectivity index (χ0) is 38.6. The van der Waals surface area contributed by atoms with E-state index in [2.05, 4.69) is 125 Å². The van der Waals surface area contributed by atoms with Crippen LogP contribution in [0.5, 0.6) is 0 Å². The Morgan fingerprint density at radius 2 is 1.16 bits per heavy atom. The number of rotatable bonds is 8. The maximum absolute atomic E-state index is 5.13. The first-order valence-electron chi connectivity index (χ1n) is 19.5. The van der Waals surface area contributed by atoms with Gasteiger partial charge in [0.05, 0.1) is 11.0 Å². The summed E-state index contributed by atoms with van der Waals surface area (Å²) in [5.41, 5.74) is 8.27. The topological polar surface area (TPSA) is 72.6 Å². The van der Waals surface area contributed by atoms with Gasteiger partial charge in [0, 0.05) is 61.9 Å². The van der Waals surface area contributed by atoms with Crippen LogP contribution in [0.3, 0.4) is 0 Å². The number of hydrogen-bond acceptors (Lipinski definition) is 7. The van der Waals surface area contributed by atoms with Gasteiger partial charge in [-0.25, -0.2) is 24.9 Å².